The van der Waals surface area contributed by atoms with Gasteiger partial charge in [0.05, 0.1) is 5.92 Å². The van der Waals surface area contributed by atoms with Crippen LogP contribution in [0.1, 0.15) is 22.0 Å². The summed E-state index contributed by atoms with van der Waals surface area (Å²) >= 11 is 0. The minimum absolute atomic E-state index is 0.120. The van der Waals surface area contributed by atoms with Gasteiger partial charge in [-0.05, 0) is 5.56 Å². The number of benzene rings is 2. The van der Waals surface area contributed by atoms with Gasteiger partial charge in [-0.15, -0.1) is 0 Å². The number of carbonyl (C=O) groups excluding carboxylic acids is 2. The highest BCUT2D eigenvalue weighted by Gasteiger charge is 2.33. The van der Waals surface area contributed by atoms with Gasteiger partial charge < -0.3 is 11.1 Å². The standard InChI is InChI=1S/C21H19N3O2/c22-10-11-23-20(25)18-12-17(14-6-2-1-3-7-14)21(26)24-13-15-8-4-5-9-16(15)19(18)24/h1-9,12-13,18H,10-11,22H2,(H,23,25). The van der Waals surface area contributed by atoms with Gasteiger partial charge in [0.2, 0.25) is 5.91 Å². The molecule has 1 unspecified atom stereocenters. The number of nitrogens with one attached hydrogen (secondary N) is 1. The van der Waals surface area contributed by atoms with E-state index in [2.05, 4.69) is 5.32 Å². The van der Waals surface area contributed by atoms with Crippen molar-refractivity contribution in [1.29, 1.82) is 0 Å². The Labute approximate surface area is 151 Å². The monoisotopic (exact) mass is 345 g/mol. The lowest BCUT2D eigenvalue weighted by atomic mass is 9.91. The van der Waals surface area contributed by atoms with Crippen molar-refractivity contribution in [2.24, 2.45) is 5.73 Å². The molecule has 3 N–H and O–H groups in total. The van der Waals surface area contributed by atoms with Gasteiger partial charge in [0.1, 0.15) is 0 Å². The molecular formula is C21H19N3O2. The molecule has 0 spiro atoms. The minimum atomic E-state index is -0.547. The van der Waals surface area contributed by atoms with Crippen molar-refractivity contribution in [1.82, 2.24) is 9.88 Å². The van der Waals surface area contributed by atoms with Crippen molar-refractivity contribution in [3.8, 4) is 0 Å². The maximum absolute atomic E-state index is 13.1. The molecule has 5 nitrogen and oxygen atoms in total. The molecule has 1 aliphatic rings. The van der Waals surface area contributed by atoms with Crippen molar-refractivity contribution in [2.75, 3.05) is 13.1 Å². The predicted molar refractivity (Wildman–Crippen MR) is 102 cm³/mol. The molecule has 4 rings (SSSR count). The second-order valence-electron chi connectivity index (χ2n) is 6.28. The fraction of sp³-hybridized carbons (Fsp3) is 0.143. The van der Waals surface area contributed by atoms with Gasteiger partial charge >= 0.3 is 0 Å². The molecule has 0 fully saturated rings. The quantitative estimate of drug-likeness (QED) is 0.763. The highest BCUT2D eigenvalue weighted by molar-refractivity contribution is 6.24. The summed E-state index contributed by atoms with van der Waals surface area (Å²) in [6.07, 6.45) is 3.58. The number of allylic oxidation sites excluding steroid dienone is 1. The number of rotatable bonds is 4. The number of nitrogens with zero attached hydrogens (tertiary/aromatic N) is 1. The van der Waals surface area contributed by atoms with E-state index in [1.165, 1.54) is 0 Å². The van der Waals surface area contributed by atoms with Crippen molar-refractivity contribution in [2.45, 2.75) is 5.92 Å². The second-order valence-corrected chi connectivity index (χ2v) is 6.28. The van der Waals surface area contributed by atoms with E-state index in [1.54, 1.807) is 10.6 Å². The Morgan fingerprint density at radius 3 is 2.58 bits per heavy atom. The molecule has 0 saturated heterocycles. The van der Waals surface area contributed by atoms with Crippen LogP contribution in [-0.2, 0) is 4.79 Å². The third kappa shape index (κ3) is 2.62. The molecule has 0 saturated carbocycles. The summed E-state index contributed by atoms with van der Waals surface area (Å²) in [6.45, 7) is 0.769. The van der Waals surface area contributed by atoms with Gasteiger partial charge in [0.15, 0.2) is 0 Å². The number of aromatic nitrogens is 1. The van der Waals surface area contributed by atoms with Gasteiger partial charge in [0.25, 0.3) is 5.91 Å². The fourth-order valence-electron chi connectivity index (χ4n) is 3.46. The summed E-state index contributed by atoms with van der Waals surface area (Å²) in [7, 11) is 0. The van der Waals surface area contributed by atoms with Crippen LogP contribution < -0.4 is 11.1 Å². The highest BCUT2D eigenvalue weighted by atomic mass is 16.2. The first-order valence-electron chi connectivity index (χ1n) is 8.60. The van der Waals surface area contributed by atoms with Crippen LogP contribution in [0.15, 0.2) is 66.9 Å². The fourth-order valence-corrected chi connectivity index (χ4v) is 3.46. The van der Waals surface area contributed by atoms with Crippen molar-refractivity contribution in [3.63, 3.8) is 0 Å². The van der Waals surface area contributed by atoms with Crippen molar-refractivity contribution < 1.29 is 9.59 Å². The molecule has 26 heavy (non-hydrogen) atoms. The Morgan fingerprint density at radius 1 is 1.08 bits per heavy atom. The van der Waals surface area contributed by atoms with E-state index < -0.39 is 5.92 Å². The number of fused-ring (bicyclic) bond motifs is 3. The summed E-state index contributed by atoms with van der Waals surface area (Å²) < 4.78 is 1.61. The first-order valence-corrected chi connectivity index (χ1v) is 8.60. The van der Waals surface area contributed by atoms with E-state index in [0.29, 0.717) is 24.4 Å². The molecule has 1 aliphatic heterocycles. The Bertz CT molecular complexity index is 1020. The Morgan fingerprint density at radius 2 is 1.81 bits per heavy atom. The van der Waals surface area contributed by atoms with Crippen molar-refractivity contribution in [3.05, 3.63) is 78.1 Å². The van der Waals surface area contributed by atoms with Gasteiger partial charge in [0, 0.05) is 41.3 Å². The molecule has 0 aliphatic carbocycles. The largest absolute Gasteiger partial charge is 0.354 e. The average molecular weight is 345 g/mol. The summed E-state index contributed by atoms with van der Waals surface area (Å²) in [5.41, 5.74) is 7.57. The first kappa shape index (κ1) is 16.3. The first-order chi connectivity index (χ1) is 12.7. The zero-order valence-electron chi connectivity index (χ0n) is 14.2. The van der Waals surface area contributed by atoms with Gasteiger partial charge in [-0.3, -0.25) is 14.2 Å². The van der Waals surface area contributed by atoms with Gasteiger partial charge in [-0.2, -0.15) is 0 Å². The Hall–Kier alpha value is -3.18. The number of amides is 1. The molecule has 0 bridgehead atoms. The van der Waals surface area contributed by atoms with E-state index in [1.807, 2.05) is 60.8 Å². The van der Waals surface area contributed by atoms with E-state index >= 15 is 0 Å². The van der Waals surface area contributed by atoms with E-state index in [0.717, 1.165) is 16.3 Å². The summed E-state index contributed by atoms with van der Waals surface area (Å²) in [5, 5.41) is 4.71. The molecule has 3 aromatic rings. The molecule has 2 heterocycles. The maximum atomic E-state index is 13.1. The zero-order chi connectivity index (χ0) is 18.1. The molecule has 0 radical (unpaired) electrons. The number of hydrogen-bond donors (Lipinski definition) is 2. The average Bonchev–Trinajstić information content (AvgIpc) is 3.07. The van der Waals surface area contributed by atoms with E-state index in [4.69, 9.17) is 5.73 Å². The lowest BCUT2D eigenvalue weighted by molar-refractivity contribution is -0.121. The predicted octanol–water partition coefficient (Wildman–Crippen LogP) is 2.54. The smallest absolute Gasteiger partial charge is 0.262 e. The van der Waals surface area contributed by atoms with Crippen LogP contribution in [0.2, 0.25) is 0 Å². The third-order valence-electron chi connectivity index (χ3n) is 4.65. The molecular weight excluding hydrogens is 326 g/mol. The third-order valence-corrected chi connectivity index (χ3v) is 4.65. The molecule has 1 atom stereocenters. The minimum Gasteiger partial charge on any atom is -0.354 e. The topological polar surface area (TPSA) is 77.1 Å². The van der Waals surface area contributed by atoms with Crippen LogP contribution in [0, 0.1) is 0 Å². The van der Waals surface area contributed by atoms with Gasteiger partial charge in [-0.1, -0.05) is 60.7 Å². The van der Waals surface area contributed by atoms with Crippen LogP contribution in [0.4, 0.5) is 0 Å². The highest BCUT2D eigenvalue weighted by Crippen LogP contribution is 2.36. The Balaban J connectivity index is 1.89. The van der Waals surface area contributed by atoms with Crippen LogP contribution in [0.5, 0.6) is 0 Å². The summed E-state index contributed by atoms with van der Waals surface area (Å²) in [5.74, 6) is -0.818. The normalized spacial score (nSPS) is 16.3. The SMILES string of the molecule is NCCNC(=O)C1C=C(c2ccccc2)C(=O)n2cc3ccccc3c21. The van der Waals surface area contributed by atoms with Gasteiger partial charge in [-0.25, -0.2) is 0 Å². The molecule has 2 aromatic carbocycles. The molecule has 1 amide bonds. The van der Waals surface area contributed by atoms with E-state index in [-0.39, 0.29) is 11.8 Å². The van der Waals surface area contributed by atoms with Crippen LogP contribution >= 0.6 is 0 Å². The number of nitrogens with two attached hydrogens (primary N) is 1. The molecule has 130 valence electrons. The lowest BCUT2D eigenvalue weighted by Crippen LogP contribution is -2.36. The number of hydrogen-bond acceptors (Lipinski definition) is 3. The summed E-state index contributed by atoms with van der Waals surface area (Å²) in [4.78, 5) is 25.9. The number of carbonyl (C=O) groups is 2. The van der Waals surface area contributed by atoms with Crippen LogP contribution in [-0.4, -0.2) is 29.5 Å². The van der Waals surface area contributed by atoms with E-state index in [9.17, 15) is 9.59 Å². The molecule has 5 heteroatoms. The zero-order valence-corrected chi connectivity index (χ0v) is 14.2. The Kier molecular flexibility index (Phi) is 4.14. The van der Waals surface area contributed by atoms with Crippen molar-refractivity contribution >= 4 is 28.2 Å². The van der Waals surface area contributed by atoms with Crippen LogP contribution in [0.25, 0.3) is 16.3 Å². The molecule has 1 aromatic heterocycles. The second kappa shape index (κ2) is 6.61. The lowest BCUT2D eigenvalue weighted by Gasteiger charge is -2.23. The van der Waals surface area contributed by atoms with Crippen LogP contribution in [0.3, 0.4) is 0 Å². The summed E-state index contributed by atoms with van der Waals surface area (Å²) in [6, 6.07) is 17.2. The maximum Gasteiger partial charge on any atom is 0.262 e.